The molecule has 18 heavy (non-hydrogen) atoms. The molecule has 2 nitrogen and oxygen atoms in total. The lowest BCUT2D eigenvalue weighted by Gasteiger charge is -2.10. The first kappa shape index (κ1) is 12.5. The van der Waals surface area contributed by atoms with Gasteiger partial charge < -0.3 is 9.30 Å². The zero-order valence-corrected chi connectivity index (χ0v) is 11.2. The Balaban J connectivity index is 2.27. The molecule has 1 aromatic heterocycles. The van der Waals surface area contributed by atoms with Crippen LogP contribution in [0.15, 0.2) is 36.9 Å². The third-order valence-corrected chi connectivity index (χ3v) is 3.33. The van der Waals surface area contributed by atoms with E-state index < -0.39 is 0 Å². The zero-order valence-electron chi connectivity index (χ0n) is 11.2. The molecule has 0 N–H and O–H groups in total. The summed E-state index contributed by atoms with van der Waals surface area (Å²) in [4.78, 5) is 0. The van der Waals surface area contributed by atoms with E-state index in [0.29, 0.717) is 0 Å². The molecular weight excluding hydrogens is 222 g/mol. The van der Waals surface area contributed by atoms with Crippen LogP contribution in [0.1, 0.15) is 22.5 Å². The molecule has 0 aliphatic heterocycles. The Morgan fingerprint density at radius 3 is 2.39 bits per heavy atom. The van der Waals surface area contributed by atoms with Gasteiger partial charge in [-0.25, -0.2) is 0 Å². The topological polar surface area (TPSA) is 14.2 Å². The molecule has 0 spiro atoms. The van der Waals surface area contributed by atoms with Crippen molar-refractivity contribution in [2.24, 2.45) is 0 Å². The number of aromatic nitrogens is 1. The van der Waals surface area contributed by atoms with Crippen molar-refractivity contribution in [3.63, 3.8) is 0 Å². The van der Waals surface area contributed by atoms with E-state index in [-0.39, 0.29) is 0 Å². The van der Waals surface area contributed by atoms with Crippen LogP contribution in [0.2, 0.25) is 0 Å². The number of hydrogen-bond acceptors (Lipinski definition) is 1. The van der Waals surface area contributed by atoms with Crippen molar-refractivity contribution in [2.75, 3.05) is 7.11 Å². The van der Waals surface area contributed by atoms with Gasteiger partial charge in [-0.05, 0) is 43.2 Å². The number of methoxy groups -OCH3 is 1. The van der Waals surface area contributed by atoms with Crippen molar-refractivity contribution < 1.29 is 4.74 Å². The van der Waals surface area contributed by atoms with Gasteiger partial charge in [0.05, 0.1) is 7.11 Å². The maximum atomic E-state index is 5.17. The summed E-state index contributed by atoms with van der Waals surface area (Å²) < 4.78 is 7.47. The van der Waals surface area contributed by atoms with Crippen LogP contribution in [0.4, 0.5) is 0 Å². The van der Waals surface area contributed by atoms with Gasteiger partial charge in [0.2, 0.25) is 0 Å². The summed E-state index contributed by atoms with van der Waals surface area (Å²) in [5, 5.41) is 0. The number of aryl methyl sites for hydroxylation is 1. The zero-order chi connectivity index (χ0) is 13.1. The minimum absolute atomic E-state index is 0.884. The highest BCUT2D eigenvalue weighted by atomic mass is 16.5. The van der Waals surface area contributed by atoms with Gasteiger partial charge in [-0.2, -0.15) is 0 Å². The largest absolute Gasteiger partial charge is 0.497 e. The number of benzene rings is 1. The molecule has 94 valence electrons. The summed E-state index contributed by atoms with van der Waals surface area (Å²) in [5.41, 5.74) is 5.01. The Bertz CT molecular complexity index is 549. The Kier molecular flexibility index (Phi) is 3.56. The molecule has 0 radical (unpaired) electrons. The molecule has 1 heterocycles. The summed E-state index contributed by atoms with van der Waals surface area (Å²) in [7, 11) is 1.69. The second-order valence-corrected chi connectivity index (χ2v) is 4.46. The Morgan fingerprint density at radius 1 is 1.22 bits per heavy atom. The minimum Gasteiger partial charge on any atom is -0.497 e. The van der Waals surface area contributed by atoms with Crippen LogP contribution in [-0.4, -0.2) is 11.7 Å². The monoisotopic (exact) mass is 241 g/mol. The summed E-state index contributed by atoms with van der Waals surface area (Å²) in [5.74, 6) is 0.895. The predicted molar refractivity (Wildman–Crippen MR) is 76.1 cm³/mol. The lowest BCUT2D eigenvalue weighted by atomic mass is 10.2. The lowest BCUT2D eigenvalue weighted by Crippen LogP contribution is -2.03. The number of hydrogen-bond donors (Lipinski definition) is 0. The Labute approximate surface area is 109 Å². The number of nitrogens with zero attached hydrogens (tertiary/aromatic N) is 1. The average Bonchev–Trinajstić information content (AvgIpc) is 2.67. The minimum atomic E-state index is 0.884. The smallest absolute Gasteiger partial charge is 0.118 e. The molecule has 0 fully saturated rings. The van der Waals surface area contributed by atoms with Crippen molar-refractivity contribution in [1.29, 1.82) is 0 Å². The standard InChI is InChI=1S/C16H19NO/c1-5-15-10-12(2)17(13(15)3)11-14-6-8-16(18-4)9-7-14/h5-10H,1,11H2,2-4H3. The predicted octanol–water partition coefficient (Wildman–Crippen LogP) is 3.80. The third-order valence-electron chi connectivity index (χ3n) is 3.33. The van der Waals surface area contributed by atoms with Crippen LogP contribution in [0.3, 0.4) is 0 Å². The highest BCUT2D eigenvalue weighted by Crippen LogP contribution is 2.19. The normalized spacial score (nSPS) is 10.4. The van der Waals surface area contributed by atoms with Crippen LogP contribution in [0, 0.1) is 13.8 Å². The molecule has 0 aliphatic carbocycles. The van der Waals surface area contributed by atoms with Gasteiger partial charge in [0, 0.05) is 17.9 Å². The summed E-state index contributed by atoms with van der Waals surface area (Å²) >= 11 is 0. The van der Waals surface area contributed by atoms with Gasteiger partial charge >= 0.3 is 0 Å². The number of rotatable bonds is 4. The van der Waals surface area contributed by atoms with Crippen LogP contribution >= 0.6 is 0 Å². The highest BCUT2D eigenvalue weighted by Gasteiger charge is 2.07. The highest BCUT2D eigenvalue weighted by molar-refractivity contribution is 5.51. The molecule has 1 aromatic carbocycles. The molecule has 0 saturated heterocycles. The summed E-state index contributed by atoms with van der Waals surface area (Å²) in [6.45, 7) is 8.99. The van der Waals surface area contributed by atoms with Crippen molar-refractivity contribution in [3.8, 4) is 5.75 Å². The second kappa shape index (κ2) is 5.13. The first-order valence-electron chi connectivity index (χ1n) is 6.08. The fourth-order valence-corrected chi connectivity index (χ4v) is 2.19. The number of ether oxygens (including phenoxy) is 1. The van der Waals surface area contributed by atoms with Gasteiger partial charge in [-0.15, -0.1) is 0 Å². The SMILES string of the molecule is C=Cc1cc(C)n(Cc2ccc(OC)cc2)c1C. The first-order chi connectivity index (χ1) is 8.65. The molecule has 0 aliphatic rings. The molecule has 0 amide bonds. The van der Waals surface area contributed by atoms with Gasteiger partial charge in [0.15, 0.2) is 0 Å². The molecule has 0 atom stereocenters. The van der Waals surface area contributed by atoms with E-state index >= 15 is 0 Å². The van der Waals surface area contributed by atoms with E-state index in [0.717, 1.165) is 12.3 Å². The van der Waals surface area contributed by atoms with E-state index in [9.17, 15) is 0 Å². The van der Waals surface area contributed by atoms with Gasteiger partial charge in [-0.3, -0.25) is 0 Å². The average molecular weight is 241 g/mol. The van der Waals surface area contributed by atoms with E-state index in [1.807, 2.05) is 18.2 Å². The third kappa shape index (κ3) is 2.33. The van der Waals surface area contributed by atoms with Crippen LogP contribution in [0.25, 0.3) is 6.08 Å². The van der Waals surface area contributed by atoms with Crippen molar-refractivity contribution in [1.82, 2.24) is 4.57 Å². The summed E-state index contributed by atoms with van der Waals surface area (Å²) in [6.07, 6.45) is 1.91. The van der Waals surface area contributed by atoms with Crippen LogP contribution in [-0.2, 0) is 6.54 Å². The van der Waals surface area contributed by atoms with Gasteiger partial charge in [0.25, 0.3) is 0 Å². The molecule has 0 unspecified atom stereocenters. The fraction of sp³-hybridized carbons (Fsp3) is 0.250. The molecular formula is C16H19NO. The summed E-state index contributed by atoms with van der Waals surface area (Å²) in [6, 6.07) is 10.4. The Hall–Kier alpha value is -1.96. The van der Waals surface area contributed by atoms with Crippen molar-refractivity contribution >= 4 is 6.08 Å². The van der Waals surface area contributed by atoms with Crippen LogP contribution in [0.5, 0.6) is 5.75 Å². The van der Waals surface area contributed by atoms with E-state index in [1.165, 1.54) is 22.5 Å². The van der Waals surface area contributed by atoms with E-state index in [1.54, 1.807) is 7.11 Å². The molecule has 0 saturated carbocycles. The van der Waals surface area contributed by atoms with Crippen molar-refractivity contribution in [3.05, 3.63) is 59.4 Å². The van der Waals surface area contributed by atoms with E-state index in [2.05, 4.69) is 43.2 Å². The maximum Gasteiger partial charge on any atom is 0.118 e. The van der Waals surface area contributed by atoms with Gasteiger partial charge in [-0.1, -0.05) is 24.8 Å². The van der Waals surface area contributed by atoms with Crippen molar-refractivity contribution in [2.45, 2.75) is 20.4 Å². The second-order valence-electron chi connectivity index (χ2n) is 4.46. The lowest BCUT2D eigenvalue weighted by molar-refractivity contribution is 0.414. The molecule has 2 aromatic rings. The van der Waals surface area contributed by atoms with Crippen LogP contribution < -0.4 is 4.74 Å². The maximum absolute atomic E-state index is 5.17. The Morgan fingerprint density at radius 2 is 1.89 bits per heavy atom. The molecule has 2 heteroatoms. The molecule has 0 bridgehead atoms. The fourth-order valence-electron chi connectivity index (χ4n) is 2.19. The van der Waals surface area contributed by atoms with Gasteiger partial charge in [0.1, 0.15) is 5.75 Å². The molecule has 2 rings (SSSR count). The van der Waals surface area contributed by atoms with E-state index in [4.69, 9.17) is 4.74 Å². The first-order valence-corrected chi connectivity index (χ1v) is 6.08. The quantitative estimate of drug-likeness (QED) is 0.794.